The Morgan fingerprint density at radius 2 is 2.05 bits per heavy atom. The molecule has 2 heterocycles. The first-order valence-corrected chi connectivity index (χ1v) is 8.11. The van der Waals surface area contributed by atoms with Crippen molar-refractivity contribution >= 4 is 17.7 Å². The predicted molar refractivity (Wildman–Crippen MR) is 77.5 cm³/mol. The molecule has 0 radical (unpaired) electrons. The van der Waals surface area contributed by atoms with Gasteiger partial charge in [0.1, 0.15) is 0 Å². The molecule has 0 atom stereocenters. The standard InChI is InChI=1S/C12H22N6OS/c1-13-6-9-18-12(14-15-16-18)20-10-11(19)17-7-4-2-3-5-8-17/h13H,2-10H2,1H3. The number of carbonyl (C=O) groups excluding carboxylic acids is 1. The normalized spacial score (nSPS) is 16.1. The quantitative estimate of drug-likeness (QED) is 0.766. The number of nitrogens with one attached hydrogen (secondary N) is 1. The molecule has 8 heteroatoms. The highest BCUT2D eigenvalue weighted by Gasteiger charge is 2.17. The lowest BCUT2D eigenvalue weighted by molar-refractivity contribution is -0.128. The molecule has 1 aromatic heterocycles. The van der Waals surface area contributed by atoms with Crippen LogP contribution < -0.4 is 5.32 Å². The fourth-order valence-corrected chi connectivity index (χ4v) is 3.00. The summed E-state index contributed by atoms with van der Waals surface area (Å²) in [5, 5.41) is 15.3. The molecular formula is C12H22N6OS. The average molecular weight is 298 g/mol. The Morgan fingerprint density at radius 1 is 1.30 bits per heavy atom. The first kappa shape index (κ1) is 15.2. The lowest BCUT2D eigenvalue weighted by atomic mass is 10.2. The lowest BCUT2D eigenvalue weighted by Gasteiger charge is -2.19. The van der Waals surface area contributed by atoms with E-state index in [1.165, 1.54) is 24.6 Å². The summed E-state index contributed by atoms with van der Waals surface area (Å²) in [5.41, 5.74) is 0. The monoisotopic (exact) mass is 298 g/mol. The van der Waals surface area contributed by atoms with Gasteiger partial charge in [-0.2, -0.15) is 0 Å². The van der Waals surface area contributed by atoms with Crippen LogP contribution in [0.1, 0.15) is 25.7 Å². The van der Waals surface area contributed by atoms with Gasteiger partial charge in [0.15, 0.2) is 0 Å². The van der Waals surface area contributed by atoms with Gasteiger partial charge in [-0.25, -0.2) is 4.68 Å². The van der Waals surface area contributed by atoms with Crippen LogP contribution in [0.4, 0.5) is 0 Å². The topological polar surface area (TPSA) is 75.9 Å². The molecule has 1 aromatic rings. The lowest BCUT2D eigenvalue weighted by Crippen LogP contribution is -2.33. The Hall–Kier alpha value is -1.15. The molecule has 1 N–H and O–H groups in total. The number of rotatable bonds is 6. The number of nitrogens with zero attached hydrogens (tertiary/aromatic N) is 5. The number of hydrogen-bond acceptors (Lipinski definition) is 6. The third-order valence-corrected chi connectivity index (χ3v) is 4.30. The van der Waals surface area contributed by atoms with Gasteiger partial charge in [-0.3, -0.25) is 4.79 Å². The predicted octanol–water partition coefficient (Wildman–Crippen LogP) is 0.387. The molecule has 2 rings (SSSR count). The van der Waals surface area contributed by atoms with E-state index in [2.05, 4.69) is 20.8 Å². The minimum Gasteiger partial charge on any atom is -0.342 e. The SMILES string of the molecule is CNCCn1nnnc1SCC(=O)N1CCCCCC1. The number of amides is 1. The number of likely N-dealkylation sites (tertiary alicyclic amines) is 1. The fourth-order valence-electron chi connectivity index (χ4n) is 2.20. The van der Waals surface area contributed by atoms with Gasteiger partial charge in [0, 0.05) is 19.6 Å². The van der Waals surface area contributed by atoms with Crippen molar-refractivity contribution in [1.29, 1.82) is 0 Å². The molecule has 20 heavy (non-hydrogen) atoms. The molecule has 1 aliphatic heterocycles. The summed E-state index contributed by atoms with van der Waals surface area (Å²) in [6.45, 7) is 3.30. The van der Waals surface area contributed by atoms with Gasteiger partial charge < -0.3 is 10.2 Å². The first-order chi connectivity index (χ1) is 9.81. The van der Waals surface area contributed by atoms with Crippen LogP contribution in [0, 0.1) is 0 Å². The van der Waals surface area contributed by atoms with Gasteiger partial charge in [-0.1, -0.05) is 24.6 Å². The highest BCUT2D eigenvalue weighted by molar-refractivity contribution is 7.99. The van der Waals surface area contributed by atoms with Crippen LogP contribution in [-0.2, 0) is 11.3 Å². The third kappa shape index (κ3) is 4.45. The number of likely N-dealkylation sites (N-methyl/N-ethyl adjacent to an activating group) is 1. The first-order valence-electron chi connectivity index (χ1n) is 7.12. The minimum atomic E-state index is 0.195. The maximum atomic E-state index is 12.2. The van der Waals surface area contributed by atoms with Crippen molar-refractivity contribution in [3.8, 4) is 0 Å². The molecule has 1 amide bonds. The molecule has 112 valence electrons. The van der Waals surface area contributed by atoms with E-state index < -0.39 is 0 Å². The van der Waals surface area contributed by atoms with Crippen molar-refractivity contribution in [3.05, 3.63) is 0 Å². The molecule has 0 bridgehead atoms. The van der Waals surface area contributed by atoms with Crippen molar-refractivity contribution in [2.24, 2.45) is 0 Å². The summed E-state index contributed by atoms with van der Waals surface area (Å²) in [6, 6.07) is 0. The number of hydrogen-bond donors (Lipinski definition) is 1. The molecule has 0 unspecified atom stereocenters. The summed E-state index contributed by atoms with van der Waals surface area (Å²) in [7, 11) is 1.89. The Labute approximate surface area is 123 Å². The van der Waals surface area contributed by atoms with E-state index in [4.69, 9.17) is 0 Å². The van der Waals surface area contributed by atoms with Crippen molar-refractivity contribution in [2.75, 3.05) is 32.4 Å². The van der Waals surface area contributed by atoms with Crippen LogP contribution in [0.3, 0.4) is 0 Å². The number of tetrazole rings is 1. The van der Waals surface area contributed by atoms with Crippen molar-refractivity contribution < 1.29 is 4.79 Å². The van der Waals surface area contributed by atoms with E-state index in [0.29, 0.717) is 17.5 Å². The molecule has 1 fully saturated rings. The maximum Gasteiger partial charge on any atom is 0.233 e. The van der Waals surface area contributed by atoms with E-state index in [0.717, 1.165) is 32.5 Å². The maximum absolute atomic E-state index is 12.2. The zero-order valence-electron chi connectivity index (χ0n) is 11.9. The summed E-state index contributed by atoms with van der Waals surface area (Å²) < 4.78 is 1.73. The van der Waals surface area contributed by atoms with Crippen molar-refractivity contribution in [2.45, 2.75) is 37.4 Å². The molecule has 0 aliphatic carbocycles. The Morgan fingerprint density at radius 3 is 2.75 bits per heavy atom. The van der Waals surface area contributed by atoms with Crippen LogP contribution >= 0.6 is 11.8 Å². The van der Waals surface area contributed by atoms with Gasteiger partial charge >= 0.3 is 0 Å². The second-order valence-electron chi connectivity index (χ2n) is 4.87. The van der Waals surface area contributed by atoms with Crippen LogP contribution in [0.2, 0.25) is 0 Å². The zero-order valence-corrected chi connectivity index (χ0v) is 12.7. The van der Waals surface area contributed by atoms with Crippen molar-refractivity contribution in [1.82, 2.24) is 30.4 Å². The average Bonchev–Trinajstić information content (AvgIpc) is 2.73. The van der Waals surface area contributed by atoms with Gasteiger partial charge in [0.25, 0.3) is 0 Å². The smallest absolute Gasteiger partial charge is 0.233 e. The summed E-state index contributed by atoms with van der Waals surface area (Å²) in [4.78, 5) is 14.2. The highest BCUT2D eigenvalue weighted by atomic mass is 32.2. The van der Waals surface area contributed by atoms with Gasteiger partial charge in [0.2, 0.25) is 11.1 Å². The largest absolute Gasteiger partial charge is 0.342 e. The molecule has 1 aliphatic rings. The number of thioether (sulfide) groups is 1. The number of aromatic nitrogens is 4. The summed E-state index contributed by atoms with van der Waals surface area (Å²) in [6.07, 6.45) is 4.71. The van der Waals surface area contributed by atoms with Crippen LogP contribution in [-0.4, -0.2) is 63.4 Å². The van der Waals surface area contributed by atoms with Crippen LogP contribution in [0.15, 0.2) is 5.16 Å². The second kappa shape index (κ2) is 8.21. The third-order valence-electron chi connectivity index (χ3n) is 3.36. The molecule has 1 saturated heterocycles. The molecule has 0 spiro atoms. The van der Waals surface area contributed by atoms with Crippen LogP contribution in [0.25, 0.3) is 0 Å². The van der Waals surface area contributed by atoms with E-state index in [-0.39, 0.29) is 5.91 Å². The minimum absolute atomic E-state index is 0.195. The Kier molecular flexibility index (Phi) is 6.25. The summed E-state index contributed by atoms with van der Waals surface area (Å²) >= 11 is 1.42. The van der Waals surface area contributed by atoms with E-state index in [9.17, 15) is 4.79 Å². The van der Waals surface area contributed by atoms with Gasteiger partial charge in [-0.05, 0) is 30.3 Å². The van der Waals surface area contributed by atoms with E-state index in [1.807, 2.05) is 11.9 Å². The Bertz CT molecular complexity index is 416. The molecule has 0 aromatic carbocycles. The van der Waals surface area contributed by atoms with Crippen molar-refractivity contribution in [3.63, 3.8) is 0 Å². The van der Waals surface area contributed by atoms with Crippen LogP contribution in [0.5, 0.6) is 0 Å². The van der Waals surface area contributed by atoms with Gasteiger partial charge in [-0.15, -0.1) is 5.10 Å². The summed E-state index contributed by atoms with van der Waals surface area (Å²) in [5.74, 6) is 0.611. The molecular weight excluding hydrogens is 276 g/mol. The highest BCUT2D eigenvalue weighted by Crippen LogP contribution is 2.16. The van der Waals surface area contributed by atoms with E-state index >= 15 is 0 Å². The Balaban J connectivity index is 1.81. The molecule has 0 saturated carbocycles. The second-order valence-corrected chi connectivity index (χ2v) is 5.81. The van der Waals surface area contributed by atoms with E-state index in [1.54, 1.807) is 4.68 Å². The fraction of sp³-hybridized carbons (Fsp3) is 0.833. The zero-order chi connectivity index (χ0) is 14.2. The molecule has 7 nitrogen and oxygen atoms in total. The van der Waals surface area contributed by atoms with Gasteiger partial charge in [0.05, 0.1) is 12.3 Å². The number of carbonyl (C=O) groups is 1.